The molecule has 0 aliphatic heterocycles. The van der Waals surface area contributed by atoms with Gasteiger partial charge in [-0.05, 0) is 24.6 Å². The second-order valence-electron chi connectivity index (χ2n) is 5.68. The van der Waals surface area contributed by atoms with Crippen LogP contribution in [-0.2, 0) is 16.6 Å². The average molecular weight is 434 g/mol. The summed E-state index contributed by atoms with van der Waals surface area (Å²) in [6.07, 6.45) is 0.382. The van der Waals surface area contributed by atoms with Gasteiger partial charge in [0, 0.05) is 19.2 Å². The highest BCUT2D eigenvalue weighted by molar-refractivity contribution is 7.89. The molecule has 0 spiro atoms. The van der Waals surface area contributed by atoms with Gasteiger partial charge in [0.25, 0.3) is 0 Å². The van der Waals surface area contributed by atoms with Crippen molar-refractivity contribution in [1.82, 2.24) is 4.31 Å². The maximum absolute atomic E-state index is 14.2. The second kappa shape index (κ2) is 10.3. The zero-order valence-electron chi connectivity index (χ0n) is 15.1. The van der Waals surface area contributed by atoms with Crippen molar-refractivity contribution in [3.63, 3.8) is 0 Å². The fourth-order valence-corrected chi connectivity index (χ4v) is 4.03. The van der Waals surface area contributed by atoms with Gasteiger partial charge in [-0.2, -0.15) is 4.31 Å². The Balaban J connectivity index is 0.00000392. The molecule has 154 valence electrons. The Hall–Kier alpha value is -2.27. The van der Waals surface area contributed by atoms with Gasteiger partial charge in [-0.1, -0.05) is 30.3 Å². The molecule has 0 heterocycles. The number of rotatable bonds is 9. The lowest BCUT2D eigenvalue weighted by atomic mass is 10.2. The molecule has 0 saturated carbocycles. The lowest BCUT2D eigenvalue weighted by molar-refractivity contribution is -0.386. The van der Waals surface area contributed by atoms with E-state index < -0.39 is 37.1 Å². The molecule has 0 aromatic heterocycles. The van der Waals surface area contributed by atoms with Crippen molar-refractivity contribution in [3.05, 3.63) is 64.0 Å². The molecular formula is C17H21ClFN3O5S. The van der Waals surface area contributed by atoms with Crippen LogP contribution in [0.1, 0.15) is 12.0 Å². The second-order valence-corrected chi connectivity index (χ2v) is 7.62. The van der Waals surface area contributed by atoms with E-state index in [4.69, 9.17) is 5.73 Å². The van der Waals surface area contributed by atoms with Crippen LogP contribution in [0.4, 0.5) is 10.1 Å². The van der Waals surface area contributed by atoms with Gasteiger partial charge in [0.15, 0.2) is 5.82 Å². The van der Waals surface area contributed by atoms with Crippen molar-refractivity contribution >= 4 is 28.1 Å². The van der Waals surface area contributed by atoms with Gasteiger partial charge in [-0.3, -0.25) is 10.1 Å². The molecule has 0 amide bonds. The summed E-state index contributed by atoms with van der Waals surface area (Å²) >= 11 is 0. The van der Waals surface area contributed by atoms with Crippen LogP contribution in [0.2, 0.25) is 0 Å². The summed E-state index contributed by atoms with van der Waals surface area (Å²) in [7, 11) is -3.13. The van der Waals surface area contributed by atoms with E-state index in [-0.39, 0.29) is 32.0 Å². The molecule has 0 fully saturated rings. The number of hydrogen-bond donors (Lipinski definition) is 1. The number of nitrogens with zero attached hydrogens (tertiary/aromatic N) is 2. The zero-order chi connectivity index (χ0) is 20.0. The Morgan fingerprint density at radius 3 is 2.43 bits per heavy atom. The predicted molar refractivity (Wildman–Crippen MR) is 105 cm³/mol. The van der Waals surface area contributed by atoms with Gasteiger partial charge in [0.1, 0.15) is 0 Å². The molecular weight excluding hydrogens is 413 g/mol. The van der Waals surface area contributed by atoms with E-state index in [9.17, 15) is 22.9 Å². The van der Waals surface area contributed by atoms with Crippen molar-refractivity contribution in [2.75, 3.05) is 20.2 Å². The molecule has 0 unspecified atom stereocenters. The van der Waals surface area contributed by atoms with Gasteiger partial charge < -0.3 is 10.5 Å². The fraction of sp³-hybridized carbons (Fsp3) is 0.294. The number of nitro benzene ring substituents is 1. The van der Waals surface area contributed by atoms with Gasteiger partial charge in [0.2, 0.25) is 15.8 Å². The van der Waals surface area contributed by atoms with Crippen LogP contribution in [0.3, 0.4) is 0 Å². The normalized spacial score (nSPS) is 11.1. The standard InChI is InChI=1S/C17H20FN3O5S.ClH/c1-26-17-15(18)10-14(11-16(17)21(22)23)27(24,25)20(9-5-8-19)12-13-6-3-2-4-7-13;/h2-4,6-7,10-11H,5,8-9,12,19H2,1H3;1H. The van der Waals surface area contributed by atoms with Crippen molar-refractivity contribution < 1.29 is 22.5 Å². The molecule has 0 bridgehead atoms. The maximum atomic E-state index is 14.2. The summed E-state index contributed by atoms with van der Waals surface area (Å²) in [5, 5.41) is 11.2. The first-order valence-electron chi connectivity index (χ1n) is 8.07. The molecule has 2 rings (SSSR count). The Morgan fingerprint density at radius 1 is 1.25 bits per heavy atom. The summed E-state index contributed by atoms with van der Waals surface area (Å²) in [6, 6.07) is 10.4. The molecule has 0 aliphatic carbocycles. The Morgan fingerprint density at radius 2 is 1.89 bits per heavy atom. The largest absolute Gasteiger partial charge is 0.488 e. The number of hydrogen-bond acceptors (Lipinski definition) is 6. The molecule has 8 nitrogen and oxygen atoms in total. The molecule has 2 aromatic rings. The number of benzene rings is 2. The van der Waals surface area contributed by atoms with E-state index in [0.717, 1.165) is 29.1 Å². The third-order valence-corrected chi connectivity index (χ3v) is 5.67. The third kappa shape index (κ3) is 5.38. The van der Waals surface area contributed by atoms with Crippen LogP contribution in [0.25, 0.3) is 0 Å². The highest BCUT2D eigenvalue weighted by Gasteiger charge is 2.30. The minimum Gasteiger partial charge on any atom is -0.488 e. The monoisotopic (exact) mass is 433 g/mol. The SMILES string of the molecule is COc1c(F)cc(S(=O)(=O)N(CCCN)Cc2ccccc2)cc1[N+](=O)[O-].Cl. The van der Waals surface area contributed by atoms with Crippen molar-refractivity contribution in [2.24, 2.45) is 5.73 Å². The maximum Gasteiger partial charge on any atom is 0.315 e. The minimum atomic E-state index is -4.20. The van der Waals surface area contributed by atoms with Crippen molar-refractivity contribution in [3.8, 4) is 5.75 Å². The van der Waals surface area contributed by atoms with Crippen LogP contribution in [0, 0.1) is 15.9 Å². The molecule has 28 heavy (non-hydrogen) atoms. The molecule has 0 atom stereocenters. The van der Waals surface area contributed by atoms with Gasteiger partial charge >= 0.3 is 5.69 Å². The van der Waals surface area contributed by atoms with Gasteiger partial charge in [-0.15, -0.1) is 12.4 Å². The number of ether oxygens (including phenoxy) is 1. The van der Waals surface area contributed by atoms with Gasteiger partial charge in [-0.25, -0.2) is 12.8 Å². The Kier molecular flexibility index (Phi) is 8.76. The van der Waals surface area contributed by atoms with Gasteiger partial charge in [0.05, 0.1) is 16.9 Å². The molecule has 0 saturated heterocycles. The minimum absolute atomic E-state index is 0. The van der Waals surface area contributed by atoms with Crippen molar-refractivity contribution in [2.45, 2.75) is 17.9 Å². The first-order valence-corrected chi connectivity index (χ1v) is 9.51. The van der Waals surface area contributed by atoms with Crippen LogP contribution < -0.4 is 10.5 Å². The highest BCUT2D eigenvalue weighted by Crippen LogP contribution is 2.34. The number of nitrogens with two attached hydrogens (primary N) is 1. The summed E-state index contributed by atoms with van der Waals surface area (Å²) in [6.45, 7) is 0.387. The Bertz CT molecular complexity index is 913. The van der Waals surface area contributed by atoms with E-state index in [0.29, 0.717) is 6.42 Å². The van der Waals surface area contributed by atoms with Crippen LogP contribution in [0.5, 0.6) is 5.75 Å². The zero-order valence-corrected chi connectivity index (χ0v) is 16.7. The van der Waals surface area contributed by atoms with Crippen LogP contribution in [-0.4, -0.2) is 37.8 Å². The number of sulfonamides is 1. The summed E-state index contributed by atoms with van der Waals surface area (Å²) in [5.41, 5.74) is 5.46. The summed E-state index contributed by atoms with van der Waals surface area (Å²) in [4.78, 5) is 9.78. The third-order valence-electron chi connectivity index (χ3n) is 3.85. The summed E-state index contributed by atoms with van der Waals surface area (Å²) in [5.74, 6) is -1.74. The predicted octanol–water partition coefficient (Wildman–Crippen LogP) is 2.70. The summed E-state index contributed by atoms with van der Waals surface area (Å²) < 4.78 is 46.1. The van der Waals surface area contributed by atoms with E-state index in [1.54, 1.807) is 30.3 Å². The fourth-order valence-electron chi connectivity index (χ4n) is 2.53. The first kappa shape index (κ1) is 23.8. The number of methoxy groups -OCH3 is 1. The van der Waals surface area contributed by atoms with Crippen molar-refractivity contribution in [1.29, 1.82) is 0 Å². The molecule has 2 aromatic carbocycles. The molecule has 11 heteroatoms. The van der Waals surface area contributed by atoms with E-state index >= 15 is 0 Å². The molecule has 2 N–H and O–H groups in total. The smallest absolute Gasteiger partial charge is 0.315 e. The molecule has 0 radical (unpaired) electrons. The highest BCUT2D eigenvalue weighted by atomic mass is 35.5. The lowest BCUT2D eigenvalue weighted by Gasteiger charge is -2.22. The topological polar surface area (TPSA) is 116 Å². The van der Waals surface area contributed by atoms with Crippen LogP contribution >= 0.6 is 12.4 Å². The number of halogens is 2. The lowest BCUT2D eigenvalue weighted by Crippen LogP contribution is -2.32. The number of nitro groups is 1. The first-order chi connectivity index (χ1) is 12.8. The van der Waals surface area contributed by atoms with E-state index in [1.807, 2.05) is 0 Å². The average Bonchev–Trinajstić information content (AvgIpc) is 2.64. The quantitative estimate of drug-likeness (QED) is 0.480. The van der Waals surface area contributed by atoms with Crippen LogP contribution in [0.15, 0.2) is 47.4 Å². The Labute approximate surface area is 168 Å². The molecule has 0 aliphatic rings. The van der Waals surface area contributed by atoms with E-state index in [1.165, 1.54) is 0 Å². The van der Waals surface area contributed by atoms with E-state index in [2.05, 4.69) is 4.74 Å².